The second-order valence-electron chi connectivity index (χ2n) is 9.05. The normalized spacial score (nSPS) is 10.0. The third kappa shape index (κ3) is 8.70. The zero-order valence-corrected chi connectivity index (χ0v) is 28.1. The molecule has 230 valence electrons. The standard InChI is InChI=1S/C30H30BrN3O5.2C2H6/c1-19-14-23(31)15-20(2)27(19)34-18-32-28(26(29(34)35)30(36)39-5)33(16-21-6-10-24(37-3)11-7-21)17-22-8-12-25(38-4)13-9-22;2*1-2/h6-15,18H,16-17H2,1-5H3;2*1-2H3. The number of halogens is 1. The number of anilines is 1. The molecule has 0 radical (unpaired) electrons. The maximum Gasteiger partial charge on any atom is 0.347 e. The number of hydrogen-bond donors (Lipinski definition) is 0. The molecule has 0 amide bonds. The highest BCUT2D eigenvalue weighted by molar-refractivity contribution is 9.10. The smallest absolute Gasteiger partial charge is 0.347 e. The molecule has 1 heterocycles. The van der Waals surface area contributed by atoms with E-state index in [9.17, 15) is 9.59 Å². The molecule has 0 atom stereocenters. The number of rotatable bonds is 9. The minimum absolute atomic E-state index is 0.135. The number of esters is 1. The molecule has 1 aromatic heterocycles. The monoisotopic (exact) mass is 651 g/mol. The Balaban J connectivity index is 0.00000155. The summed E-state index contributed by atoms with van der Waals surface area (Å²) in [6, 6.07) is 19.1. The van der Waals surface area contributed by atoms with Gasteiger partial charge in [-0.15, -0.1) is 0 Å². The van der Waals surface area contributed by atoms with E-state index in [2.05, 4.69) is 20.9 Å². The van der Waals surface area contributed by atoms with Crippen LogP contribution in [0.5, 0.6) is 11.5 Å². The van der Waals surface area contributed by atoms with Crippen molar-refractivity contribution in [2.75, 3.05) is 26.2 Å². The van der Waals surface area contributed by atoms with Crippen molar-refractivity contribution in [2.45, 2.75) is 54.6 Å². The number of methoxy groups -OCH3 is 3. The molecule has 8 nitrogen and oxygen atoms in total. The first kappa shape index (κ1) is 35.1. The summed E-state index contributed by atoms with van der Waals surface area (Å²) in [5, 5.41) is 0. The summed E-state index contributed by atoms with van der Waals surface area (Å²) in [5.74, 6) is 0.953. The highest BCUT2D eigenvalue weighted by atomic mass is 79.9. The van der Waals surface area contributed by atoms with Crippen molar-refractivity contribution in [1.82, 2.24) is 9.55 Å². The van der Waals surface area contributed by atoms with Crippen molar-refractivity contribution in [1.29, 1.82) is 0 Å². The zero-order chi connectivity index (χ0) is 32.1. The van der Waals surface area contributed by atoms with Gasteiger partial charge in [-0.1, -0.05) is 67.9 Å². The summed E-state index contributed by atoms with van der Waals surface area (Å²) >= 11 is 3.50. The quantitative estimate of drug-likeness (QED) is 0.172. The van der Waals surface area contributed by atoms with E-state index in [-0.39, 0.29) is 11.4 Å². The Hall–Kier alpha value is -4.11. The van der Waals surface area contributed by atoms with Crippen LogP contribution in [0.15, 0.2) is 76.3 Å². The molecule has 3 aromatic carbocycles. The molecule has 0 fully saturated rings. The van der Waals surface area contributed by atoms with E-state index in [0.29, 0.717) is 18.8 Å². The van der Waals surface area contributed by atoms with Crippen LogP contribution in [0, 0.1) is 13.8 Å². The maximum atomic E-state index is 13.9. The summed E-state index contributed by atoms with van der Waals surface area (Å²) in [4.78, 5) is 33.6. The number of nitrogens with zero attached hydrogens (tertiary/aromatic N) is 3. The summed E-state index contributed by atoms with van der Waals surface area (Å²) in [7, 11) is 4.49. The van der Waals surface area contributed by atoms with Gasteiger partial charge in [-0.2, -0.15) is 0 Å². The Morgan fingerprint density at radius 3 is 1.65 bits per heavy atom. The Morgan fingerprint density at radius 1 is 0.814 bits per heavy atom. The summed E-state index contributed by atoms with van der Waals surface area (Å²) in [6.07, 6.45) is 1.47. The Morgan fingerprint density at radius 2 is 1.26 bits per heavy atom. The third-order valence-electron chi connectivity index (χ3n) is 6.40. The van der Waals surface area contributed by atoms with Gasteiger partial charge in [-0.25, -0.2) is 9.78 Å². The SMILES string of the molecule is CC.CC.COC(=O)c1c(N(Cc2ccc(OC)cc2)Cc2ccc(OC)cc2)ncn(-c2c(C)cc(Br)cc2C)c1=O. The molecule has 4 rings (SSSR count). The van der Waals surface area contributed by atoms with E-state index >= 15 is 0 Å². The Labute approximate surface area is 263 Å². The third-order valence-corrected chi connectivity index (χ3v) is 6.86. The van der Waals surface area contributed by atoms with E-state index in [4.69, 9.17) is 14.2 Å². The minimum atomic E-state index is -0.751. The molecule has 0 spiro atoms. The number of hydrogen-bond acceptors (Lipinski definition) is 7. The van der Waals surface area contributed by atoms with E-state index in [1.54, 1.807) is 14.2 Å². The van der Waals surface area contributed by atoms with Gasteiger partial charge in [0.1, 0.15) is 17.8 Å². The van der Waals surface area contributed by atoms with Crippen LogP contribution in [-0.2, 0) is 17.8 Å². The number of aromatic nitrogens is 2. The molecule has 9 heteroatoms. The fourth-order valence-electron chi connectivity index (χ4n) is 4.52. The van der Waals surface area contributed by atoms with Crippen molar-refractivity contribution in [3.05, 3.63) is 110 Å². The highest BCUT2D eigenvalue weighted by Gasteiger charge is 2.26. The predicted molar refractivity (Wildman–Crippen MR) is 177 cm³/mol. The molecule has 0 N–H and O–H groups in total. The molecule has 0 unspecified atom stereocenters. The molecule has 0 saturated heterocycles. The number of ether oxygens (including phenoxy) is 3. The summed E-state index contributed by atoms with van der Waals surface area (Å²) in [5.41, 5.74) is 3.66. The lowest BCUT2D eigenvalue weighted by atomic mass is 10.1. The van der Waals surface area contributed by atoms with Crippen molar-refractivity contribution in [3.63, 3.8) is 0 Å². The van der Waals surface area contributed by atoms with E-state index in [1.807, 2.05) is 107 Å². The van der Waals surface area contributed by atoms with Crippen LogP contribution in [-0.4, -0.2) is 36.8 Å². The van der Waals surface area contributed by atoms with Crippen molar-refractivity contribution in [3.8, 4) is 17.2 Å². The highest BCUT2D eigenvalue weighted by Crippen LogP contribution is 2.26. The van der Waals surface area contributed by atoms with E-state index in [1.165, 1.54) is 18.0 Å². The van der Waals surface area contributed by atoms with Gasteiger partial charge in [-0.3, -0.25) is 9.36 Å². The van der Waals surface area contributed by atoms with Crippen LogP contribution < -0.4 is 19.9 Å². The fourth-order valence-corrected chi connectivity index (χ4v) is 5.20. The second kappa shape index (κ2) is 17.1. The first-order chi connectivity index (χ1) is 20.7. The summed E-state index contributed by atoms with van der Waals surface area (Å²) < 4.78 is 18.0. The lowest BCUT2D eigenvalue weighted by molar-refractivity contribution is 0.0598. The van der Waals surface area contributed by atoms with Gasteiger partial charge < -0.3 is 19.1 Å². The number of benzene rings is 3. The predicted octanol–water partition coefficient (Wildman–Crippen LogP) is 7.67. The van der Waals surface area contributed by atoms with Gasteiger partial charge >= 0.3 is 5.97 Å². The van der Waals surface area contributed by atoms with Crippen LogP contribution in [0.4, 0.5) is 5.82 Å². The maximum absolute atomic E-state index is 13.9. The molecule has 0 aliphatic heterocycles. The van der Waals surface area contributed by atoms with Gasteiger partial charge in [0.05, 0.1) is 27.0 Å². The molecule has 4 aromatic rings. The van der Waals surface area contributed by atoms with Gasteiger partial charge in [0.25, 0.3) is 5.56 Å². The molecule has 0 aliphatic rings. The van der Waals surface area contributed by atoms with Crippen molar-refractivity contribution < 1.29 is 19.0 Å². The zero-order valence-electron chi connectivity index (χ0n) is 26.5. The number of aryl methyl sites for hydroxylation is 2. The number of carbonyl (C=O) groups excluding carboxylic acids is 1. The van der Waals surface area contributed by atoms with Crippen LogP contribution in [0.1, 0.15) is 60.3 Å². The molecule has 0 aliphatic carbocycles. The Kier molecular flexibility index (Phi) is 14.0. The average Bonchev–Trinajstić information content (AvgIpc) is 3.03. The summed E-state index contributed by atoms with van der Waals surface area (Å²) in [6.45, 7) is 12.6. The first-order valence-corrected chi connectivity index (χ1v) is 15.0. The molecule has 43 heavy (non-hydrogen) atoms. The lowest BCUT2D eigenvalue weighted by Crippen LogP contribution is -2.33. The van der Waals surface area contributed by atoms with Crippen molar-refractivity contribution in [2.24, 2.45) is 0 Å². The minimum Gasteiger partial charge on any atom is -0.497 e. The van der Waals surface area contributed by atoms with Crippen LogP contribution in [0.2, 0.25) is 0 Å². The fraction of sp³-hybridized carbons (Fsp3) is 0.324. The van der Waals surface area contributed by atoms with Gasteiger partial charge in [0.2, 0.25) is 0 Å². The van der Waals surface area contributed by atoms with Gasteiger partial charge in [0.15, 0.2) is 11.4 Å². The number of carbonyl (C=O) groups is 1. The molecule has 0 saturated carbocycles. The molecular formula is C34H42BrN3O5. The van der Waals surface area contributed by atoms with Crippen LogP contribution in [0.25, 0.3) is 5.69 Å². The van der Waals surface area contributed by atoms with Gasteiger partial charge in [0, 0.05) is 17.6 Å². The largest absolute Gasteiger partial charge is 0.497 e. The van der Waals surface area contributed by atoms with E-state index < -0.39 is 11.5 Å². The lowest BCUT2D eigenvalue weighted by Gasteiger charge is -2.26. The average molecular weight is 653 g/mol. The van der Waals surface area contributed by atoms with Crippen LogP contribution in [0.3, 0.4) is 0 Å². The van der Waals surface area contributed by atoms with Gasteiger partial charge in [-0.05, 0) is 72.5 Å². The first-order valence-electron chi connectivity index (χ1n) is 14.2. The van der Waals surface area contributed by atoms with Crippen molar-refractivity contribution >= 4 is 27.7 Å². The molecule has 0 bridgehead atoms. The molecular weight excluding hydrogens is 610 g/mol. The second-order valence-corrected chi connectivity index (χ2v) is 9.97. The van der Waals surface area contributed by atoms with E-state index in [0.717, 1.165) is 38.2 Å². The van der Waals surface area contributed by atoms with Crippen LogP contribution >= 0.6 is 15.9 Å². The Bertz CT molecular complexity index is 1460. The topological polar surface area (TPSA) is 82.9 Å².